The van der Waals surface area contributed by atoms with Crippen LogP contribution in [-0.2, 0) is 4.74 Å². The molecule has 0 spiro atoms. The molecule has 1 unspecified atom stereocenters. The molecule has 29 heavy (non-hydrogen) atoms. The maximum atomic E-state index is 14.0. The number of hydrogen-bond acceptors (Lipinski definition) is 7. The van der Waals surface area contributed by atoms with Crippen LogP contribution in [0.3, 0.4) is 0 Å². The maximum absolute atomic E-state index is 14.0. The van der Waals surface area contributed by atoms with Gasteiger partial charge in [0, 0.05) is 18.8 Å². The van der Waals surface area contributed by atoms with E-state index in [1.165, 1.54) is 23.3 Å². The Labute approximate surface area is 169 Å². The average molecular weight is 396 g/mol. The second kappa shape index (κ2) is 8.08. The lowest BCUT2D eigenvalue weighted by molar-refractivity contribution is 0.0671. The molecule has 8 heteroatoms. The summed E-state index contributed by atoms with van der Waals surface area (Å²) in [5.74, 6) is 0.490. The van der Waals surface area contributed by atoms with E-state index in [1.54, 1.807) is 6.07 Å². The fraction of sp³-hybridized carbons (Fsp3) is 0.333. The SMILES string of the molecule is Cc1ccc(NC2N=C(N)N=C(N3CCOCC3)N2c2cccc(F)c2)cc1C. The fourth-order valence-electron chi connectivity index (χ4n) is 3.42. The number of nitrogens with two attached hydrogens (primary N) is 1. The van der Waals surface area contributed by atoms with Gasteiger partial charge in [0.25, 0.3) is 0 Å². The van der Waals surface area contributed by atoms with Crippen LogP contribution in [0.1, 0.15) is 11.1 Å². The van der Waals surface area contributed by atoms with Crippen molar-refractivity contribution in [3.8, 4) is 0 Å². The molecule has 2 aromatic rings. The molecule has 7 nitrogen and oxygen atoms in total. The van der Waals surface area contributed by atoms with Crippen LogP contribution < -0.4 is 16.0 Å². The first kappa shape index (κ1) is 19.2. The molecule has 4 rings (SSSR count). The number of nitrogens with zero attached hydrogens (tertiary/aromatic N) is 4. The molecule has 2 heterocycles. The van der Waals surface area contributed by atoms with Gasteiger partial charge >= 0.3 is 0 Å². The first-order chi connectivity index (χ1) is 14.0. The highest BCUT2D eigenvalue weighted by molar-refractivity contribution is 6.06. The van der Waals surface area contributed by atoms with Gasteiger partial charge in [-0.2, -0.15) is 4.99 Å². The number of aliphatic imine (C=N–C) groups is 2. The molecule has 1 saturated heterocycles. The van der Waals surface area contributed by atoms with E-state index in [0.29, 0.717) is 38.0 Å². The van der Waals surface area contributed by atoms with Crippen molar-refractivity contribution in [2.45, 2.75) is 20.1 Å². The predicted molar refractivity (Wildman–Crippen MR) is 114 cm³/mol. The van der Waals surface area contributed by atoms with Crippen LogP contribution >= 0.6 is 0 Å². The minimum atomic E-state index is -0.561. The average Bonchev–Trinajstić information content (AvgIpc) is 2.71. The predicted octanol–water partition coefficient (Wildman–Crippen LogP) is 2.66. The maximum Gasteiger partial charge on any atom is 0.222 e. The molecule has 2 aliphatic rings. The Morgan fingerprint density at radius 1 is 1.10 bits per heavy atom. The number of guanidine groups is 2. The molecule has 3 N–H and O–H groups in total. The Morgan fingerprint density at radius 2 is 1.90 bits per heavy atom. The zero-order valence-electron chi connectivity index (χ0n) is 16.6. The van der Waals surface area contributed by atoms with Gasteiger partial charge in [-0.3, -0.25) is 4.90 Å². The zero-order chi connectivity index (χ0) is 20.4. The van der Waals surface area contributed by atoms with E-state index in [9.17, 15) is 4.39 Å². The zero-order valence-corrected chi connectivity index (χ0v) is 16.6. The van der Waals surface area contributed by atoms with E-state index in [4.69, 9.17) is 10.5 Å². The minimum Gasteiger partial charge on any atom is -0.378 e. The van der Waals surface area contributed by atoms with Crippen molar-refractivity contribution in [2.75, 3.05) is 36.5 Å². The van der Waals surface area contributed by atoms with Crippen LogP contribution in [0.5, 0.6) is 0 Å². The summed E-state index contributed by atoms with van der Waals surface area (Å²) in [6.07, 6.45) is -0.561. The van der Waals surface area contributed by atoms with Gasteiger partial charge in [-0.15, -0.1) is 0 Å². The number of ether oxygens (including phenoxy) is 1. The van der Waals surface area contributed by atoms with Crippen LogP contribution in [0, 0.1) is 19.7 Å². The Morgan fingerprint density at radius 3 is 2.62 bits per heavy atom. The van der Waals surface area contributed by atoms with Gasteiger partial charge in [-0.25, -0.2) is 9.38 Å². The first-order valence-electron chi connectivity index (χ1n) is 9.64. The molecular formula is C21H25FN6O. The molecule has 0 saturated carbocycles. The van der Waals surface area contributed by atoms with E-state index in [0.717, 1.165) is 5.69 Å². The number of benzene rings is 2. The van der Waals surface area contributed by atoms with Gasteiger partial charge in [0.1, 0.15) is 5.82 Å². The Balaban J connectivity index is 1.73. The number of halogens is 1. The lowest BCUT2D eigenvalue weighted by atomic mass is 10.1. The molecule has 0 bridgehead atoms. The third-order valence-corrected chi connectivity index (χ3v) is 5.11. The van der Waals surface area contributed by atoms with Crippen molar-refractivity contribution in [1.82, 2.24) is 4.90 Å². The highest BCUT2D eigenvalue weighted by Crippen LogP contribution is 2.25. The normalized spacial score (nSPS) is 19.6. The summed E-state index contributed by atoms with van der Waals surface area (Å²) in [6.45, 7) is 6.68. The van der Waals surface area contributed by atoms with Crippen molar-refractivity contribution in [2.24, 2.45) is 15.7 Å². The molecular weight excluding hydrogens is 371 g/mol. The summed E-state index contributed by atoms with van der Waals surface area (Å²) in [5, 5.41) is 3.41. The number of nitrogens with one attached hydrogen (secondary N) is 1. The van der Waals surface area contributed by atoms with E-state index >= 15 is 0 Å². The van der Waals surface area contributed by atoms with Crippen molar-refractivity contribution in [3.05, 3.63) is 59.4 Å². The third-order valence-electron chi connectivity index (χ3n) is 5.11. The monoisotopic (exact) mass is 396 g/mol. The third kappa shape index (κ3) is 4.17. The smallest absolute Gasteiger partial charge is 0.222 e. The highest BCUT2D eigenvalue weighted by Gasteiger charge is 2.32. The minimum absolute atomic E-state index is 0.181. The van der Waals surface area contributed by atoms with Gasteiger partial charge in [0.05, 0.1) is 18.9 Å². The molecule has 0 amide bonds. The quantitative estimate of drug-likeness (QED) is 0.834. The molecule has 1 fully saturated rings. The van der Waals surface area contributed by atoms with Crippen molar-refractivity contribution >= 4 is 23.3 Å². The number of morpholine rings is 1. The molecule has 0 aromatic heterocycles. The summed E-state index contributed by atoms with van der Waals surface area (Å²) in [6, 6.07) is 12.5. The number of aryl methyl sites for hydroxylation is 2. The Bertz CT molecular complexity index is 954. The number of anilines is 2. The van der Waals surface area contributed by atoms with Gasteiger partial charge in [0.15, 0.2) is 0 Å². The lowest BCUT2D eigenvalue weighted by Crippen LogP contribution is -2.57. The summed E-state index contributed by atoms with van der Waals surface area (Å²) in [5.41, 5.74) is 9.99. The molecule has 2 aliphatic heterocycles. The van der Waals surface area contributed by atoms with Crippen LogP contribution in [0.2, 0.25) is 0 Å². The second-order valence-corrected chi connectivity index (χ2v) is 7.17. The molecule has 0 radical (unpaired) electrons. The van der Waals surface area contributed by atoms with E-state index in [1.807, 2.05) is 17.0 Å². The largest absolute Gasteiger partial charge is 0.378 e. The van der Waals surface area contributed by atoms with E-state index in [-0.39, 0.29) is 11.8 Å². The molecule has 0 aliphatic carbocycles. The number of hydrogen-bond donors (Lipinski definition) is 2. The van der Waals surface area contributed by atoms with Crippen molar-refractivity contribution in [1.29, 1.82) is 0 Å². The Kier molecular flexibility index (Phi) is 5.35. The molecule has 152 valence electrons. The second-order valence-electron chi connectivity index (χ2n) is 7.17. The fourth-order valence-corrected chi connectivity index (χ4v) is 3.42. The standard InChI is InChI=1S/C21H25FN6O/c1-14-6-7-17(12-15(14)2)24-20-25-19(23)26-21(27-8-10-29-11-9-27)28(20)18-5-3-4-16(22)13-18/h3-7,12-13,20,24H,8-11H2,1-2H3,(H2,23,25). The van der Waals surface area contributed by atoms with Crippen LogP contribution in [-0.4, -0.2) is 49.4 Å². The van der Waals surface area contributed by atoms with Crippen molar-refractivity contribution < 1.29 is 9.13 Å². The van der Waals surface area contributed by atoms with Crippen LogP contribution in [0.4, 0.5) is 15.8 Å². The highest BCUT2D eigenvalue weighted by atomic mass is 19.1. The van der Waals surface area contributed by atoms with Gasteiger partial charge in [0.2, 0.25) is 18.2 Å². The van der Waals surface area contributed by atoms with Crippen LogP contribution in [0.25, 0.3) is 0 Å². The molecule has 2 aromatic carbocycles. The number of rotatable bonds is 3. The van der Waals surface area contributed by atoms with E-state index in [2.05, 4.69) is 46.2 Å². The summed E-state index contributed by atoms with van der Waals surface area (Å²) in [4.78, 5) is 13.0. The Hall–Kier alpha value is -3.13. The van der Waals surface area contributed by atoms with E-state index < -0.39 is 6.29 Å². The van der Waals surface area contributed by atoms with Crippen molar-refractivity contribution in [3.63, 3.8) is 0 Å². The topological polar surface area (TPSA) is 78.5 Å². The van der Waals surface area contributed by atoms with Crippen LogP contribution in [0.15, 0.2) is 52.4 Å². The summed E-state index contributed by atoms with van der Waals surface area (Å²) < 4.78 is 19.5. The van der Waals surface area contributed by atoms with Gasteiger partial charge in [-0.05, 0) is 55.3 Å². The van der Waals surface area contributed by atoms with Gasteiger partial charge in [-0.1, -0.05) is 12.1 Å². The lowest BCUT2D eigenvalue weighted by Gasteiger charge is -2.41. The first-order valence-corrected chi connectivity index (χ1v) is 9.64. The summed E-state index contributed by atoms with van der Waals surface area (Å²) in [7, 11) is 0. The summed E-state index contributed by atoms with van der Waals surface area (Å²) >= 11 is 0. The molecule has 1 atom stereocenters. The van der Waals surface area contributed by atoms with Gasteiger partial charge < -0.3 is 20.7 Å².